The summed E-state index contributed by atoms with van der Waals surface area (Å²) in [5.74, 6) is 1.66. The Hall–Kier alpha value is -1.84. The molecule has 0 bridgehead atoms. The van der Waals surface area contributed by atoms with Crippen LogP contribution in [-0.4, -0.2) is 32.1 Å². The summed E-state index contributed by atoms with van der Waals surface area (Å²) >= 11 is 0. The van der Waals surface area contributed by atoms with Crippen molar-refractivity contribution in [1.29, 1.82) is 0 Å². The monoisotopic (exact) mass is 352 g/mol. The molecule has 140 valence electrons. The number of hydrogen-bond donors (Lipinski definition) is 1. The van der Waals surface area contributed by atoms with Crippen LogP contribution in [0.25, 0.3) is 0 Å². The minimum absolute atomic E-state index is 0.527. The van der Waals surface area contributed by atoms with Gasteiger partial charge >= 0.3 is 0 Å². The van der Waals surface area contributed by atoms with E-state index in [-0.39, 0.29) is 0 Å². The number of rotatable bonds is 7. The molecule has 1 aliphatic carbocycles. The smallest absolute Gasteiger partial charge is 0.118 e. The van der Waals surface area contributed by atoms with Gasteiger partial charge in [0.25, 0.3) is 0 Å². The lowest BCUT2D eigenvalue weighted by Crippen LogP contribution is -2.36. The van der Waals surface area contributed by atoms with Gasteiger partial charge in [-0.1, -0.05) is 42.5 Å². The largest absolute Gasteiger partial charge is 0.497 e. The highest BCUT2D eigenvalue weighted by atomic mass is 16.5. The predicted molar refractivity (Wildman–Crippen MR) is 108 cm³/mol. The molecular weight excluding hydrogens is 320 g/mol. The summed E-state index contributed by atoms with van der Waals surface area (Å²) in [7, 11) is 6.14. The van der Waals surface area contributed by atoms with Gasteiger partial charge in [0.2, 0.25) is 0 Å². The Labute approximate surface area is 158 Å². The predicted octanol–water partition coefficient (Wildman–Crippen LogP) is 4.65. The lowest BCUT2D eigenvalue weighted by Gasteiger charge is -2.38. The van der Waals surface area contributed by atoms with Crippen LogP contribution in [-0.2, 0) is 6.54 Å². The second kappa shape index (κ2) is 9.20. The summed E-state index contributed by atoms with van der Waals surface area (Å²) < 4.78 is 5.23. The molecule has 3 heteroatoms. The van der Waals surface area contributed by atoms with E-state index in [1.807, 2.05) is 12.1 Å². The number of methoxy groups -OCH3 is 1. The van der Waals surface area contributed by atoms with E-state index < -0.39 is 0 Å². The second-order valence-corrected chi connectivity index (χ2v) is 7.66. The number of nitrogens with one attached hydrogen (secondary N) is 1. The Balaban J connectivity index is 1.51. The van der Waals surface area contributed by atoms with Crippen molar-refractivity contribution in [2.24, 2.45) is 5.92 Å². The van der Waals surface area contributed by atoms with E-state index in [9.17, 15) is 0 Å². The second-order valence-electron chi connectivity index (χ2n) is 7.66. The van der Waals surface area contributed by atoms with Crippen LogP contribution in [0, 0.1) is 5.92 Å². The molecule has 0 aliphatic heterocycles. The number of nitrogens with zero attached hydrogens (tertiary/aromatic N) is 1. The lowest BCUT2D eigenvalue weighted by molar-refractivity contribution is 0.157. The molecule has 3 rings (SSSR count). The first-order valence-corrected chi connectivity index (χ1v) is 9.75. The van der Waals surface area contributed by atoms with Gasteiger partial charge in [0, 0.05) is 18.6 Å². The Morgan fingerprint density at radius 3 is 2.19 bits per heavy atom. The van der Waals surface area contributed by atoms with Gasteiger partial charge in [0.05, 0.1) is 7.11 Å². The molecule has 0 amide bonds. The number of benzene rings is 2. The highest BCUT2D eigenvalue weighted by Gasteiger charge is 2.29. The molecule has 0 saturated heterocycles. The molecule has 1 N–H and O–H groups in total. The molecule has 1 unspecified atom stereocenters. The van der Waals surface area contributed by atoms with Gasteiger partial charge in [-0.15, -0.1) is 0 Å². The van der Waals surface area contributed by atoms with Crippen molar-refractivity contribution in [3.63, 3.8) is 0 Å². The fraction of sp³-hybridized carbons (Fsp3) is 0.478. The van der Waals surface area contributed by atoms with E-state index in [0.29, 0.717) is 12.1 Å². The molecule has 1 aliphatic rings. The summed E-state index contributed by atoms with van der Waals surface area (Å²) in [4.78, 5) is 2.39. The van der Waals surface area contributed by atoms with Crippen LogP contribution < -0.4 is 10.1 Å². The van der Waals surface area contributed by atoms with Crippen LogP contribution in [0.2, 0.25) is 0 Å². The summed E-state index contributed by atoms with van der Waals surface area (Å²) in [5, 5.41) is 3.75. The van der Waals surface area contributed by atoms with Crippen LogP contribution in [0.15, 0.2) is 54.6 Å². The molecule has 0 radical (unpaired) electrons. The van der Waals surface area contributed by atoms with Crippen molar-refractivity contribution in [2.45, 2.75) is 44.3 Å². The Morgan fingerprint density at radius 1 is 0.962 bits per heavy atom. The van der Waals surface area contributed by atoms with Crippen molar-refractivity contribution < 1.29 is 4.74 Å². The topological polar surface area (TPSA) is 24.5 Å². The molecule has 0 spiro atoms. The van der Waals surface area contributed by atoms with E-state index in [0.717, 1.165) is 18.2 Å². The van der Waals surface area contributed by atoms with Gasteiger partial charge in [-0.25, -0.2) is 0 Å². The van der Waals surface area contributed by atoms with Gasteiger partial charge in [-0.05, 0) is 69.0 Å². The minimum Gasteiger partial charge on any atom is -0.497 e. The maximum atomic E-state index is 5.23. The zero-order chi connectivity index (χ0) is 18.4. The first-order chi connectivity index (χ1) is 12.7. The maximum Gasteiger partial charge on any atom is 0.118 e. The number of hydrogen-bond acceptors (Lipinski definition) is 3. The Morgan fingerprint density at radius 2 is 1.62 bits per heavy atom. The zero-order valence-electron chi connectivity index (χ0n) is 16.3. The van der Waals surface area contributed by atoms with Gasteiger partial charge in [0.1, 0.15) is 5.75 Å². The van der Waals surface area contributed by atoms with Crippen molar-refractivity contribution >= 4 is 0 Å². The normalized spacial score (nSPS) is 21.5. The third kappa shape index (κ3) is 4.87. The molecular formula is C23H32N2O. The minimum atomic E-state index is 0.527. The fourth-order valence-corrected chi connectivity index (χ4v) is 4.29. The van der Waals surface area contributed by atoms with Crippen LogP contribution in [0.4, 0.5) is 0 Å². The maximum absolute atomic E-state index is 5.23. The zero-order valence-corrected chi connectivity index (χ0v) is 16.3. The van der Waals surface area contributed by atoms with Crippen molar-refractivity contribution in [2.75, 3.05) is 21.2 Å². The summed E-state index contributed by atoms with van der Waals surface area (Å²) in [6.07, 6.45) is 5.10. The Bertz CT molecular complexity index is 646. The highest BCUT2D eigenvalue weighted by Crippen LogP contribution is 2.37. The quantitative estimate of drug-likeness (QED) is 0.785. The van der Waals surface area contributed by atoms with Gasteiger partial charge < -0.3 is 15.0 Å². The van der Waals surface area contributed by atoms with Crippen molar-refractivity contribution in [3.8, 4) is 5.75 Å². The van der Waals surface area contributed by atoms with E-state index in [1.54, 1.807) is 7.11 Å². The standard InChI is InChI=1S/C23H32N2O/c1-25(2)23(19-7-5-4-6-8-19)20-11-13-21(14-12-20)24-17-18-9-15-22(26-3)16-10-18/h4-10,15-16,20-21,23-24H,11-14,17H2,1-3H3. The van der Waals surface area contributed by atoms with Gasteiger partial charge in [0.15, 0.2) is 0 Å². The molecule has 1 saturated carbocycles. The third-order valence-electron chi connectivity index (χ3n) is 5.67. The van der Waals surface area contributed by atoms with Crippen LogP contribution in [0.1, 0.15) is 42.9 Å². The average molecular weight is 353 g/mol. The van der Waals surface area contributed by atoms with E-state index in [2.05, 4.69) is 66.8 Å². The molecule has 1 fully saturated rings. The van der Waals surface area contributed by atoms with Crippen LogP contribution in [0.5, 0.6) is 5.75 Å². The first kappa shape index (κ1) is 18.9. The molecule has 1 atom stereocenters. The third-order valence-corrected chi connectivity index (χ3v) is 5.67. The SMILES string of the molecule is COc1ccc(CNC2CCC(C(c3ccccc3)N(C)C)CC2)cc1. The average Bonchev–Trinajstić information content (AvgIpc) is 2.68. The molecule has 26 heavy (non-hydrogen) atoms. The summed E-state index contributed by atoms with van der Waals surface area (Å²) in [6.45, 7) is 0.940. The van der Waals surface area contributed by atoms with Crippen LogP contribution >= 0.6 is 0 Å². The van der Waals surface area contributed by atoms with Gasteiger partial charge in [-0.3, -0.25) is 0 Å². The fourth-order valence-electron chi connectivity index (χ4n) is 4.29. The molecule has 2 aromatic carbocycles. The number of ether oxygens (including phenoxy) is 1. The van der Waals surface area contributed by atoms with Crippen molar-refractivity contribution in [3.05, 3.63) is 65.7 Å². The van der Waals surface area contributed by atoms with Gasteiger partial charge in [-0.2, -0.15) is 0 Å². The lowest BCUT2D eigenvalue weighted by atomic mass is 9.78. The summed E-state index contributed by atoms with van der Waals surface area (Å²) in [5.41, 5.74) is 2.77. The first-order valence-electron chi connectivity index (χ1n) is 9.75. The van der Waals surface area contributed by atoms with Crippen molar-refractivity contribution in [1.82, 2.24) is 10.2 Å². The molecule has 3 nitrogen and oxygen atoms in total. The Kier molecular flexibility index (Phi) is 6.70. The molecule has 0 aromatic heterocycles. The van der Waals surface area contributed by atoms with E-state index >= 15 is 0 Å². The summed E-state index contributed by atoms with van der Waals surface area (Å²) in [6, 6.07) is 20.5. The van der Waals surface area contributed by atoms with Crippen LogP contribution in [0.3, 0.4) is 0 Å². The molecule has 0 heterocycles. The molecule has 2 aromatic rings. The van der Waals surface area contributed by atoms with E-state index in [4.69, 9.17) is 4.74 Å². The van der Waals surface area contributed by atoms with E-state index in [1.165, 1.54) is 36.8 Å². The highest BCUT2D eigenvalue weighted by molar-refractivity contribution is 5.27.